The van der Waals surface area contributed by atoms with Gasteiger partial charge in [-0.15, -0.1) is 11.6 Å². The first-order chi connectivity index (χ1) is 8.39. The van der Waals surface area contributed by atoms with Crippen LogP contribution in [0.1, 0.15) is 31.0 Å². The number of alkyl halides is 1. The molecular weight excluding hydrogens is 270 g/mol. The molecule has 0 heterocycles. The van der Waals surface area contributed by atoms with E-state index in [1.165, 1.54) is 0 Å². The molecule has 18 heavy (non-hydrogen) atoms. The van der Waals surface area contributed by atoms with Gasteiger partial charge in [0.1, 0.15) is 0 Å². The number of hydrogen-bond acceptors (Lipinski definition) is 2. The fourth-order valence-electron chi connectivity index (χ4n) is 2.36. The van der Waals surface area contributed by atoms with Crippen LogP contribution in [-0.2, 0) is 16.4 Å². The van der Waals surface area contributed by atoms with Crippen molar-refractivity contribution in [2.75, 3.05) is 5.75 Å². The van der Waals surface area contributed by atoms with Crippen molar-refractivity contribution in [1.29, 1.82) is 0 Å². The van der Waals surface area contributed by atoms with Crippen LogP contribution in [0.5, 0.6) is 0 Å². The summed E-state index contributed by atoms with van der Waals surface area (Å²) in [4.78, 5) is 0. The molecule has 5 heteroatoms. The van der Waals surface area contributed by atoms with E-state index in [1.54, 1.807) is 0 Å². The third kappa shape index (κ3) is 3.05. The zero-order valence-corrected chi connectivity index (χ0v) is 12.1. The van der Waals surface area contributed by atoms with Gasteiger partial charge >= 0.3 is 0 Å². The van der Waals surface area contributed by atoms with Crippen molar-refractivity contribution < 1.29 is 8.42 Å². The van der Waals surface area contributed by atoms with Crippen LogP contribution in [0.25, 0.3) is 0 Å². The summed E-state index contributed by atoms with van der Waals surface area (Å²) >= 11 is 6.26. The summed E-state index contributed by atoms with van der Waals surface area (Å²) < 4.78 is 26.7. The van der Waals surface area contributed by atoms with Crippen LogP contribution < -0.4 is 4.72 Å². The fraction of sp³-hybridized carbons (Fsp3) is 0.538. The van der Waals surface area contributed by atoms with E-state index >= 15 is 0 Å². The molecule has 2 rings (SSSR count). The molecule has 0 bridgehead atoms. The summed E-state index contributed by atoms with van der Waals surface area (Å²) in [6.07, 6.45) is 0.715. The molecule has 0 aromatic heterocycles. The molecule has 3 nitrogen and oxygen atoms in total. The smallest absolute Gasteiger partial charge is 0.212 e. The van der Waals surface area contributed by atoms with Crippen molar-refractivity contribution in [2.45, 2.75) is 31.7 Å². The Morgan fingerprint density at radius 3 is 2.72 bits per heavy atom. The Balaban J connectivity index is 2.20. The summed E-state index contributed by atoms with van der Waals surface area (Å²) in [5.74, 6) is 0.239. The van der Waals surface area contributed by atoms with Crippen LogP contribution in [0.4, 0.5) is 0 Å². The summed E-state index contributed by atoms with van der Waals surface area (Å²) in [6, 6.07) is 7.51. The topological polar surface area (TPSA) is 46.2 Å². The van der Waals surface area contributed by atoms with Gasteiger partial charge in [-0.2, -0.15) is 0 Å². The molecule has 0 fully saturated rings. The van der Waals surface area contributed by atoms with Gasteiger partial charge in [0, 0.05) is 0 Å². The van der Waals surface area contributed by atoms with Crippen LogP contribution in [0.3, 0.4) is 0 Å². The minimum absolute atomic E-state index is 0.105. The lowest BCUT2D eigenvalue weighted by molar-refractivity contribution is 0.545. The average Bonchev–Trinajstić information content (AvgIpc) is 2.53. The Morgan fingerprint density at radius 1 is 1.39 bits per heavy atom. The van der Waals surface area contributed by atoms with Gasteiger partial charge in [-0.1, -0.05) is 38.1 Å². The maximum atomic E-state index is 12.0. The molecule has 0 spiro atoms. The highest BCUT2D eigenvalue weighted by molar-refractivity contribution is 7.89. The Kier molecular flexibility index (Phi) is 3.99. The third-order valence-electron chi connectivity index (χ3n) is 3.03. The normalized spacial score (nSPS) is 23.3. The maximum Gasteiger partial charge on any atom is 0.212 e. The summed E-state index contributed by atoms with van der Waals surface area (Å²) in [6.45, 7) is 3.78. The zero-order chi connectivity index (χ0) is 13.3. The summed E-state index contributed by atoms with van der Waals surface area (Å²) in [5, 5.41) is -0.204. The number of fused-ring (bicyclic) bond motifs is 1. The molecule has 0 saturated heterocycles. The highest BCUT2D eigenvalue weighted by Gasteiger charge is 2.33. The van der Waals surface area contributed by atoms with Gasteiger partial charge in [0.15, 0.2) is 0 Å². The van der Waals surface area contributed by atoms with Crippen LogP contribution >= 0.6 is 11.6 Å². The van der Waals surface area contributed by atoms with Gasteiger partial charge in [0.2, 0.25) is 10.0 Å². The largest absolute Gasteiger partial charge is 0.212 e. The standard InChI is InChI=1S/C13H18ClNO2S/c1-9(2)8-18(16,17)15-13-11-6-4-3-5-10(11)7-12(13)14/h3-6,9,12-13,15H,7-8H2,1-2H3. The Morgan fingerprint density at radius 2 is 2.06 bits per heavy atom. The van der Waals surface area contributed by atoms with Crippen LogP contribution in [-0.4, -0.2) is 19.5 Å². The number of nitrogens with one attached hydrogen (secondary N) is 1. The molecule has 1 aliphatic carbocycles. The second-order valence-corrected chi connectivity index (χ2v) is 7.55. The first-order valence-corrected chi connectivity index (χ1v) is 8.20. The van der Waals surface area contributed by atoms with Crippen molar-refractivity contribution in [3.8, 4) is 0 Å². The molecule has 0 saturated carbocycles. The Labute approximate surface area is 114 Å². The van der Waals surface area contributed by atoms with Crippen molar-refractivity contribution in [2.24, 2.45) is 5.92 Å². The molecule has 2 unspecified atom stereocenters. The maximum absolute atomic E-state index is 12.0. The molecule has 0 aliphatic heterocycles. The van der Waals surface area contributed by atoms with Crippen molar-refractivity contribution >= 4 is 21.6 Å². The van der Waals surface area contributed by atoms with Crippen LogP contribution in [0.2, 0.25) is 0 Å². The molecule has 1 aromatic rings. The van der Waals surface area contributed by atoms with Gasteiger partial charge in [0.05, 0.1) is 17.2 Å². The van der Waals surface area contributed by atoms with Crippen molar-refractivity contribution in [3.63, 3.8) is 0 Å². The fourth-order valence-corrected chi connectivity index (χ4v) is 4.46. The Bertz CT molecular complexity index is 528. The van der Waals surface area contributed by atoms with Crippen molar-refractivity contribution in [1.82, 2.24) is 4.72 Å². The van der Waals surface area contributed by atoms with Crippen LogP contribution in [0.15, 0.2) is 24.3 Å². The number of halogens is 1. The number of rotatable bonds is 4. The molecule has 0 radical (unpaired) electrons. The number of sulfonamides is 1. The lowest BCUT2D eigenvalue weighted by atomic mass is 10.1. The second-order valence-electron chi connectivity index (χ2n) is 5.19. The molecule has 100 valence electrons. The van der Waals surface area contributed by atoms with E-state index in [4.69, 9.17) is 11.6 Å². The number of benzene rings is 1. The van der Waals surface area contributed by atoms with E-state index in [-0.39, 0.29) is 23.1 Å². The van der Waals surface area contributed by atoms with Gasteiger partial charge in [0.25, 0.3) is 0 Å². The lowest BCUT2D eigenvalue weighted by Crippen LogP contribution is -2.34. The molecule has 2 atom stereocenters. The third-order valence-corrected chi connectivity index (χ3v) is 5.15. The SMILES string of the molecule is CC(C)CS(=O)(=O)NC1c2ccccc2CC1Cl. The van der Waals surface area contributed by atoms with E-state index in [9.17, 15) is 8.42 Å². The summed E-state index contributed by atoms with van der Waals surface area (Å²) in [7, 11) is -3.27. The molecule has 1 N–H and O–H groups in total. The quantitative estimate of drug-likeness (QED) is 0.865. The highest BCUT2D eigenvalue weighted by atomic mass is 35.5. The van der Waals surface area contributed by atoms with E-state index in [1.807, 2.05) is 38.1 Å². The van der Waals surface area contributed by atoms with E-state index in [0.29, 0.717) is 6.42 Å². The minimum Gasteiger partial charge on any atom is -0.212 e. The molecular formula is C13H18ClNO2S. The number of hydrogen-bond donors (Lipinski definition) is 1. The predicted molar refractivity (Wildman–Crippen MR) is 74.3 cm³/mol. The van der Waals surface area contributed by atoms with Crippen molar-refractivity contribution in [3.05, 3.63) is 35.4 Å². The predicted octanol–water partition coefficient (Wildman–Crippen LogP) is 2.47. The van der Waals surface area contributed by atoms with E-state index in [2.05, 4.69) is 4.72 Å². The second kappa shape index (κ2) is 5.19. The van der Waals surface area contributed by atoms with E-state index in [0.717, 1.165) is 11.1 Å². The molecule has 1 aliphatic rings. The average molecular weight is 288 g/mol. The van der Waals surface area contributed by atoms with Gasteiger partial charge in [-0.05, 0) is 23.5 Å². The minimum atomic E-state index is -3.27. The van der Waals surface area contributed by atoms with Gasteiger partial charge < -0.3 is 0 Å². The van der Waals surface area contributed by atoms with Gasteiger partial charge in [-0.25, -0.2) is 13.1 Å². The monoisotopic (exact) mass is 287 g/mol. The van der Waals surface area contributed by atoms with Crippen LogP contribution in [0, 0.1) is 5.92 Å². The van der Waals surface area contributed by atoms with Gasteiger partial charge in [-0.3, -0.25) is 0 Å². The first-order valence-electron chi connectivity index (χ1n) is 6.11. The lowest BCUT2D eigenvalue weighted by Gasteiger charge is -2.18. The zero-order valence-electron chi connectivity index (χ0n) is 10.6. The van der Waals surface area contributed by atoms with E-state index < -0.39 is 10.0 Å². The molecule has 1 aromatic carbocycles. The first kappa shape index (κ1) is 13.8. The molecule has 0 amide bonds. The Hall–Kier alpha value is -0.580. The summed E-state index contributed by atoms with van der Waals surface area (Å²) in [5.41, 5.74) is 2.14. The highest BCUT2D eigenvalue weighted by Crippen LogP contribution is 2.35.